The van der Waals surface area contributed by atoms with E-state index in [0.717, 1.165) is 23.5 Å². The zero-order valence-corrected chi connectivity index (χ0v) is 16.1. The third kappa shape index (κ3) is 4.30. The molecule has 2 aromatic carbocycles. The van der Waals surface area contributed by atoms with Crippen LogP contribution in [0.4, 0.5) is 0 Å². The van der Waals surface area contributed by atoms with Gasteiger partial charge in [0, 0.05) is 0 Å². The summed E-state index contributed by atoms with van der Waals surface area (Å²) in [6, 6.07) is 16.9. The fourth-order valence-corrected chi connectivity index (χ4v) is 4.52. The standard InChI is InChI=1S/C24H29NO2/c1-3-5-19-14-15-24(4-2,17-19)22-12-10-21(11-13-22)20-8-6-18(7-9-20)16-23(26)25-27/h3,6-13,19,27H,1,4-5,14-17H2,2H3,(H,25,26). The van der Waals surface area contributed by atoms with Crippen LogP contribution >= 0.6 is 0 Å². The second-order valence-corrected chi connectivity index (χ2v) is 7.75. The Labute approximate surface area is 162 Å². The van der Waals surface area contributed by atoms with Crippen molar-refractivity contribution in [3.05, 3.63) is 72.3 Å². The Morgan fingerprint density at radius 1 is 1.19 bits per heavy atom. The molecule has 0 spiro atoms. The summed E-state index contributed by atoms with van der Waals surface area (Å²) >= 11 is 0. The van der Waals surface area contributed by atoms with Gasteiger partial charge in [0.2, 0.25) is 5.91 Å². The molecule has 1 amide bonds. The van der Waals surface area contributed by atoms with Crippen molar-refractivity contribution in [3.8, 4) is 11.1 Å². The minimum Gasteiger partial charge on any atom is -0.289 e. The maximum Gasteiger partial charge on any atom is 0.247 e. The highest BCUT2D eigenvalue weighted by Crippen LogP contribution is 2.47. The van der Waals surface area contributed by atoms with E-state index in [2.05, 4.69) is 43.8 Å². The summed E-state index contributed by atoms with van der Waals surface area (Å²) in [6.07, 6.45) is 8.38. The Hall–Kier alpha value is -2.39. The lowest BCUT2D eigenvalue weighted by Crippen LogP contribution is -2.21. The number of hydroxylamine groups is 1. The monoisotopic (exact) mass is 363 g/mol. The van der Waals surface area contributed by atoms with E-state index < -0.39 is 5.91 Å². The highest BCUT2D eigenvalue weighted by Gasteiger charge is 2.38. The summed E-state index contributed by atoms with van der Waals surface area (Å²) in [5.74, 6) is 0.370. The number of benzene rings is 2. The first-order valence-electron chi connectivity index (χ1n) is 9.84. The Morgan fingerprint density at radius 3 is 2.37 bits per heavy atom. The maximum atomic E-state index is 11.3. The van der Waals surface area contributed by atoms with Crippen LogP contribution in [0, 0.1) is 5.92 Å². The molecule has 3 heteroatoms. The number of carbonyl (C=O) groups is 1. The number of hydrogen-bond donors (Lipinski definition) is 2. The van der Waals surface area contributed by atoms with Gasteiger partial charge in [0.15, 0.2) is 0 Å². The van der Waals surface area contributed by atoms with Crippen LogP contribution in [0.2, 0.25) is 0 Å². The number of nitrogens with one attached hydrogen (secondary N) is 1. The highest BCUT2D eigenvalue weighted by atomic mass is 16.5. The molecule has 2 atom stereocenters. The van der Waals surface area contributed by atoms with E-state index >= 15 is 0 Å². The quantitative estimate of drug-likeness (QED) is 0.392. The molecular formula is C24H29NO2. The third-order valence-electron chi connectivity index (χ3n) is 6.16. The van der Waals surface area contributed by atoms with Crippen molar-refractivity contribution in [2.75, 3.05) is 0 Å². The van der Waals surface area contributed by atoms with E-state index in [-0.39, 0.29) is 6.42 Å². The van der Waals surface area contributed by atoms with Crippen molar-refractivity contribution in [2.45, 2.75) is 50.9 Å². The van der Waals surface area contributed by atoms with Crippen LogP contribution in [0.15, 0.2) is 61.2 Å². The van der Waals surface area contributed by atoms with E-state index in [1.165, 1.54) is 36.8 Å². The van der Waals surface area contributed by atoms with E-state index in [1.54, 1.807) is 5.48 Å². The van der Waals surface area contributed by atoms with Crippen LogP contribution in [0.1, 0.15) is 50.2 Å². The van der Waals surface area contributed by atoms with Crippen molar-refractivity contribution in [1.82, 2.24) is 5.48 Å². The lowest BCUT2D eigenvalue weighted by atomic mass is 9.75. The largest absolute Gasteiger partial charge is 0.289 e. The summed E-state index contributed by atoms with van der Waals surface area (Å²) in [5.41, 5.74) is 6.64. The molecule has 3 rings (SSSR count). The average molecular weight is 364 g/mol. The molecule has 1 aliphatic rings. The van der Waals surface area contributed by atoms with Crippen LogP contribution in [-0.2, 0) is 16.6 Å². The lowest BCUT2D eigenvalue weighted by Gasteiger charge is -2.29. The Bertz CT molecular complexity index is 779. The molecule has 0 radical (unpaired) electrons. The van der Waals surface area contributed by atoms with Crippen molar-refractivity contribution < 1.29 is 10.0 Å². The molecule has 0 heterocycles. The highest BCUT2D eigenvalue weighted by molar-refractivity contribution is 5.77. The first kappa shape index (κ1) is 19.4. The van der Waals surface area contributed by atoms with Gasteiger partial charge in [-0.1, -0.05) is 61.5 Å². The number of hydrogen-bond acceptors (Lipinski definition) is 2. The first-order chi connectivity index (χ1) is 13.1. The Kier molecular flexibility index (Phi) is 6.12. The predicted molar refractivity (Wildman–Crippen MR) is 110 cm³/mol. The minimum atomic E-state index is -0.400. The fraction of sp³-hybridized carbons (Fsp3) is 0.375. The molecule has 3 nitrogen and oxygen atoms in total. The molecule has 1 saturated carbocycles. The van der Waals surface area contributed by atoms with Crippen molar-refractivity contribution in [2.24, 2.45) is 5.92 Å². The van der Waals surface area contributed by atoms with E-state index in [4.69, 9.17) is 5.21 Å². The normalized spacial score (nSPS) is 21.8. The third-order valence-corrected chi connectivity index (χ3v) is 6.16. The van der Waals surface area contributed by atoms with Crippen LogP contribution < -0.4 is 5.48 Å². The van der Waals surface area contributed by atoms with Gasteiger partial charge in [-0.15, -0.1) is 6.58 Å². The van der Waals surface area contributed by atoms with Gasteiger partial charge in [0.1, 0.15) is 0 Å². The number of allylic oxidation sites excluding steroid dienone is 1. The zero-order valence-electron chi connectivity index (χ0n) is 16.1. The number of rotatable bonds is 7. The summed E-state index contributed by atoms with van der Waals surface area (Å²) in [5, 5.41) is 8.63. The predicted octanol–water partition coefficient (Wildman–Crippen LogP) is 5.43. The van der Waals surface area contributed by atoms with Gasteiger partial charge in [0.25, 0.3) is 0 Å². The molecule has 0 bridgehead atoms. The van der Waals surface area contributed by atoms with Gasteiger partial charge in [0.05, 0.1) is 6.42 Å². The van der Waals surface area contributed by atoms with Crippen LogP contribution in [-0.4, -0.2) is 11.1 Å². The molecule has 0 saturated heterocycles. The molecule has 1 aliphatic carbocycles. The van der Waals surface area contributed by atoms with Gasteiger partial charge < -0.3 is 0 Å². The average Bonchev–Trinajstić information content (AvgIpc) is 3.13. The Morgan fingerprint density at radius 2 is 1.81 bits per heavy atom. The van der Waals surface area contributed by atoms with Crippen LogP contribution in [0.25, 0.3) is 11.1 Å². The molecule has 1 fully saturated rings. The molecule has 0 aromatic heterocycles. The van der Waals surface area contributed by atoms with Gasteiger partial charge in [-0.25, -0.2) is 5.48 Å². The van der Waals surface area contributed by atoms with E-state index in [9.17, 15) is 4.79 Å². The molecule has 0 aliphatic heterocycles. The van der Waals surface area contributed by atoms with E-state index in [0.29, 0.717) is 5.41 Å². The van der Waals surface area contributed by atoms with Crippen molar-refractivity contribution in [3.63, 3.8) is 0 Å². The molecule has 2 unspecified atom stereocenters. The fourth-order valence-electron chi connectivity index (χ4n) is 4.52. The second kappa shape index (κ2) is 8.53. The summed E-state index contributed by atoms with van der Waals surface area (Å²) < 4.78 is 0. The van der Waals surface area contributed by atoms with E-state index in [1.807, 2.05) is 24.3 Å². The molecular weight excluding hydrogens is 334 g/mol. The second-order valence-electron chi connectivity index (χ2n) is 7.75. The molecule has 2 N–H and O–H groups in total. The number of amides is 1. The summed E-state index contributed by atoms with van der Waals surface area (Å²) in [4.78, 5) is 11.3. The van der Waals surface area contributed by atoms with Crippen molar-refractivity contribution in [1.29, 1.82) is 0 Å². The van der Waals surface area contributed by atoms with Crippen molar-refractivity contribution >= 4 is 5.91 Å². The molecule has 142 valence electrons. The topological polar surface area (TPSA) is 49.3 Å². The molecule has 27 heavy (non-hydrogen) atoms. The lowest BCUT2D eigenvalue weighted by molar-refractivity contribution is -0.128. The smallest absolute Gasteiger partial charge is 0.247 e. The van der Waals surface area contributed by atoms with Gasteiger partial charge >= 0.3 is 0 Å². The summed E-state index contributed by atoms with van der Waals surface area (Å²) in [7, 11) is 0. The molecule has 2 aromatic rings. The minimum absolute atomic E-state index is 0.181. The van der Waals surface area contributed by atoms with Crippen LogP contribution in [0.3, 0.4) is 0 Å². The Balaban J connectivity index is 1.75. The zero-order chi connectivity index (χ0) is 19.3. The van der Waals surface area contributed by atoms with Gasteiger partial charge in [-0.2, -0.15) is 0 Å². The van der Waals surface area contributed by atoms with Gasteiger partial charge in [-0.3, -0.25) is 10.0 Å². The first-order valence-corrected chi connectivity index (χ1v) is 9.84. The SMILES string of the molecule is C=CCC1CCC(CC)(c2ccc(-c3ccc(CC(=O)NO)cc3)cc2)C1. The summed E-state index contributed by atoms with van der Waals surface area (Å²) in [6.45, 7) is 6.22. The van der Waals surface area contributed by atoms with Crippen LogP contribution in [0.5, 0.6) is 0 Å². The number of carbonyl (C=O) groups excluding carboxylic acids is 1. The van der Waals surface area contributed by atoms with Gasteiger partial charge in [-0.05, 0) is 65.7 Å². The maximum absolute atomic E-state index is 11.3.